The van der Waals surface area contributed by atoms with E-state index in [0.717, 1.165) is 11.3 Å². The number of hydrogen-bond acceptors (Lipinski definition) is 3. The van der Waals surface area contributed by atoms with Gasteiger partial charge in [-0.15, -0.1) is 0 Å². The Morgan fingerprint density at radius 2 is 1.75 bits per heavy atom. The Balaban J connectivity index is 2.05. The van der Waals surface area contributed by atoms with Gasteiger partial charge in [0.1, 0.15) is 5.69 Å². The molecule has 0 spiro atoms. The van der Waals surface area contributed by atoms with Gasteiger partial charge in [0.15, 0.2) is 0 Å². The minimum Gasteiger partial charge on any atom is -0.394 e. The topological polar surface area (TPSA) is 67.2 Å². The summed E-state index contributed by atoms with van der Waals surface area (Å²) in [6.45, 7) is 1.64. The van der Waals surface area contributed by atoms with E-state index in [9.17, 15) is 4.79 Å². The lowest BCUT2D eigenvalue weighted by atomic mass is 10.1. The highest BCUT2D eigenvalue weighted by molar-refractivity contribution is 6.00. The molecule has 1 unspecified atom stereocenters. The minimum absolute atomic E-state index is 0.112. The van der Waals surface area contributed by atoms with Crippen molar-refractivity contribution in [3.63, 3.8) is 0 Å². The summed E-state index contributed by atoms with van der Waals surface area (Å²) >= 11 is 0. The number of rotatable bonds is 5. The third kappa shape index (κ3) is 3.36. The molecule has 0 radical (unpaired) electrons. The maximum atomic E-state index is 12.6. The summed E-state index contributed by atoms with van der Waals surface area (Å²) < 4.78 is 1.70. The highest BCUT2D eigenvalue weighted by atomic mass is 16.3. The lowest BCUT2D eigenvalue weighted by molar-refractivity contribution is 0.0923. The Morgan fingerprint density at radius 1 is 1.12 bits per heavy atom. The van der Waals surface area contributed by atoms with Crippen LogP contribution in [0.25, 0.3) is 16.9 Å². The van der Waals surface area contributed by atoms with Gasteiger partial charge in [0.2, 0.25) is 0 Å². The molecule has 3 rings (SSSR count). The zero-order chi connectivity index (χ0) is 16.9. The van der Waals surface area contributed by atoms with Crippen LogP contribution < -0.4 is 5.32 Å². The number of aliphatic hydroxyl groups excluding tert-OH is 1. The molecule has 3 aromatic rings. The highest BCUT2D eigenvalue weighted by Gasteiger charge is 2.19. The molecule has 0 saturated carbocycles. The normalized spacial score (nSPS) is 11.9. The number of amides is 1. The third-order valence-corrected chi connectivity index (χ3v) is 3.68. The molecular formula is C19H19N3O2. The number of carbonyl (C=O) groups excluding carboxylic acids is 1. The number of para-hydroxylation sites is 1. The number of nitrogens with one attached hydrogen (secondary N) is 1. The van der Waals surface area contributed by atoms with Crippen LogP contribution in [0.3, 0.4) is 0 Å². The Morgan fingerprint density at radius 3 is 2.38 bits per heavy atom. The van der Waals surface area contributed by atoms with Crippen LogP contribution in [-0.2, 0) is 0 Å². The van der Waals surface area contributed by atoms with Crippen molar-refractivity contribution in [1.29, 1.82) is 0 Å². The van der Waals surface area contributed by atoms with Crippen LogP contribution in [0.2, 0.25) is 0 Å². The molecule has 0 aliphatic heterocycles. The average molecular weight is 321 g/mol. The molecule has 5 heteroatoms. The van der Waals surface area contributed by atoms with Crippen molar-refractivity contribution in [2.24, 2.45) is 0 Å². The van der Waals surface area contributed by atoms with Crippen molar-refractivity contribution in [2.75, 3.05) is 6.61 Å². The van der Waals surface area contributed by atoms with Crippen LogP contribution in [0.1, 0.15) is 17.3 Å². The first kappa shape index (κ1) is 16.0. The number of hydrogen-bond donors (Lipinski definition) is 2. The van der Waals surface area contributed by atoms with Crippen molar-refractivity contribution in [3.8, 4) is 16.9 Å². The Kier molecular flexibility index (Phi) is 4.72. The van der Waals surface area contributed by atoms with Crippen LogP contribution in [0.4, 0.5) is 0 Å². The Hall–Kier alpha value is -2.92. The van der Waals surface area contributed by atoms with Crippen molar-refractivity contribution < 1.29 is 9.90 Å². The summed E-state index contributed by atoms with van der Waals surface area (Å²) in [5.74, 6) is -0.252. The van der Waals surface area contributed by atoms with Gasteiger partial charge in [0.05, 0.1) is 17.9 Å². The van der Waals surface area contributed by atoms with Gasteiger partial charge in [-0.3, -0.25) is 4.79 Å². The van der Waals surface area contributed by atoms with E-state index in [1.54, 1.807) is 17.8 Å². The second-order valence-electron chi connectivity index (χ2n) is 5.59. The summed E-state index contributed by atoms with van der Waals surface area (Å²) in [4.78, 5) is 12.6. The predicted octanol–water partition coefficient (Wildman–Crippen LogP) is 2.65. The van der Waals surface area contributed by atoms with Crippen LogP contribution in [0.5, 0.6) is 0 Å². The zero-order valence-corrected chi connectivity index (χ0v) is 13.4. The van der Waals surface area contributed by atoms with Crippen LogP contribution in [-0.4, -0.2) is 33.4 Å². The molecule has 0 saturated heterocycles. The van der Waals surface area contributed by atoms with Gasteiger partial charge in [0, 0.05) is 17.8 Å². The molecule has 1 heterocycles. The first-order valence-corrected chi connectivity index (χ1v) is 7.81. The maximum absolute atomic E-state index is 12.6. The summed E-state index contributed by atoms with van der Waals surface area (Å²) in [5, 5.41) is 16.5. The lowest BCUT2D eigenvalue weighted by Crippen LogP contribution is -2.35. The summed E-state index contributed by atoms with van der Waals surface area (Å²) in [7, 11) is 0. The molecule has 1 atom stereocenters. The van der Waals surface area contributed by atoms with Crippen LogP contribution in [0, 0.1) is 0 Å². The molecule has 1 amide bonds. The molecule has 0 bridgehead atoms. The molecule has 1 aromatic heterocycles. The second kappa shape index (κ2) is 7.10. The van der Waals surface area contributed by atoms with Gasteiger partial charge >= 0.3 is 0 Å². The van der Waals surface area contributed by atoms with E-state index >= 15 is 0 Å². The molecule has 2 N–H and O–H groups in total. The van der Waals surface area contributed by atoms with Gasteiger partial charge in [-0.05, 0) is 19.1 Å². The van der Waals surface area contributed by atoms with Crippen molar-refractivity contribution in [1.82, 2.24) is 15.1 Å². The van der Waals surface area contributed by atoms with Gasteiger partial charge in [-0.1, -0.05) is 48.5 Å². The van der Waals surface area contributed by atoms with Crippen LogP contribution >= 0.6 is 0 Å². The first-order chi connectivity index (χ1) is 11.7. The maximum Gasteiger partial charge on any atom is 0.255 e. The fraction of sp³-hybridized carbons (Fsp3) is 0.158. The Bertz CT molecular complexity index is 813. The monoisotopic (exact) mass is 321 g/mol. The minimum atomic E-state index is -0.318. The standard InChI is InChI=1S/C19H19N3O2/c1-14(13-23)20-19(24)17-12-22(16-10-6-3-7-11-16)21-18(17)15-8-4-2-5-9-15/h2-12,14,23H,13H2,1H3,(H,20,24). The molecule has 0 fully saturated rings. The number of carbonyl (C=O) groups is 1. The number of aliphatic hydroxyl groups is 1. The number of aromatic nitrogens is 2. The van der Waals surface area contributed by atoms with Crippen molar-refractivity contribution in [2.45, 2.75) is 13.0 Å². The van der Waals surface area contributed by atoms with Crippen molar-refractivity contribution >= 4 is 5.91 Å². The Labute approximate surface area is 140 Å². The molecule has 0 aliphatic carbocycles. The van der Waals surface area contributed by atoms with E-state index in [-0.39, 0.29) is 18.6 Å². The van der Waals surface area contributed by atoms with E-state index in [2.05, 4.69) is 10.4 Å². The first-order valence-electron chi connectivity index (χ1n) is 7.81. The predicted molar refractivity (Wildman–Crippen MR) is 93.0 cm³/mol. The summed E-state index contributed by atoms with van der Waals surface area (Å²) in [5.41, 5.74) is 2.84. The average Bonchev–Trinajstić information content (AvgIpc) is 3.08. The lowest BCUT2D eigenvalue weighted by Gasteiger charge is -2.10. The highest BCUT2D eigenvalue weighted by Crippen LogP contribution is 2.23. The van der Waals surface area contributed by atoms with E-state index < -0.39 is 0 Å². The molecule has 0 aliphatic rings. The number of benzene rings is 2. The van der Waals surface area contributed by atoms with E-state index in [1.807, 2.05) is 60.7 Å². The van der Waals surface area contributed by atoms with Crippen LogP contribution in [0.15, 0.2) is 66.9 Å². The SMILES string of the molecule is CC(CO)NC(=O)c1cn(-c2ccccc2)nc1-c1ccccc1. The summed E-state index contributed by atoms with van der Waals surface area (Å²) in [6, 6.07) is 18.9. The quantitative estimate of drug-likeness (QED) is 0.759. The van der Waals surface area contributed by atoms with E-state index in [0.29, 0.717) is 11.3 Å². The van der Waals surface area contributed by atoms with Gasteiger partial charge in [0.25, 0.3) is 5.91 Å². The molecule has 122 valence electrons. The number of nitrogens with zero attached hydrogens (tertiary/aromatic N) is 2. The third-order valence-electron chi connectivity index (χ3n) is 3.68. The summed E-state index contributed by atoms with van der Waals surface area (Å²) in [6.07, 6.45) is 1.72. The fourth-order valence-corrected chi connectivity index (χ4v) is 2.41. The van der Waals surface area contributed by atoms with Gasteiger partial charge in [-0.25, -0.2) is 4.68 Å². The van der Waals surface area contributed by atoms with E-state index in [4.69, 9.17) is 5.11 Å². The smallest absolute Gasteiger partial charge is 0.255 e. The molecular weight excluding hydrogens is 302 g/mol. The second-order valence-corrected chi connectivity index (χ2v) is 5.59. The van der Waals surface area contributed by atoms with Crippen molar-refractivity contribution in [3.05, 3.63) is 72.4 Å². The van der Waals surface area contributed by atoms with Gasteiger partial charge < -0.3 is 10.4 Å². The molecule has 5 nitrogen and oxygen atoms in total. The zero-order valence-electron chi connectivity index (χ0n) is 13.4. The van der Waals surface area contributed by atoms with Gasteiger partial charge in [-0.2, -0.15) is 5.10 Å². The van der Waals surface area contributed by atoms with E-state index in [1.165, 1.54) is 0 Å². The molecule has 24 heavy (non-hydrogen) atoms. The largest absolute Gasteiger partial charge is 0.394 e. The molecule has 2 aromatic carbocycles. The fourth-order valence-electron chi connectivity index (χ4n) is 2.41.